The third kappa shape index (κ3) is 22.3. The third-order valence-electron chi connectivity index (χ3n) is 12.6. The Kier molecular flexibility index (Phi) is 28.2. The predicted molar refractivity (Wildman–Crippen MR) is 292 cm³/mol. The van der Waals surface area contributed by atoms with Gasteiger partial charge >= 0.3 is 5.97 Å². The molecule has 0 radical (unpaired) electrons. The summed E-state index contributed by atoms with van der Waals surface area (Å²) in [6, 6.07) is -6.39. The molecule has 1 fully saturated rings. The summed E-state index contributed by atoms with van der Waals surface area (Å²) >= 11 is 1.36. The minimum Gasteiger partial charge on any atom is -0.508 e. The number of aliphatic hydroxyl groups excluding tert-OH is 2. The van der Waals surface area contributed by atoms with Gasteiger partial charge in [-0.25, -0.2) is 9.78 Å². The fraction of sp³-hybridized carbons (Fsp3) is 0.600. The van der Waals surface area contributed by atoms with E-state index < -0.39 is 139 Å². The number of aliphatic carboxylic acids is 1. The van der Waals surface area contributed by atoms with E-state index in [1.54, 1.807) is 20.1 Å². The lowest BCUT2D eigenvalue weighted by molar-refractivity contribution is -0.142. The number of thioether (sulfide) groups is 1. The number of aromatic hydroxyl groups is 1. The first-order chi connectivity index (χ1) is 37.9. The second-order valence-corrected chi connectivity index (χ2v) is 20.9. The normalized spacial score (nSPS) is 16.1. The topological polar surface area (TPSA) is 470 Å². The van der Waals surface area contributed by atoms with Crippen molar-refractivity contribution in [2.75, 3.05) is 44.9 Å². The molecule has 444 valence electrons. The highest BCUT2D eigenvalue weighted by Gasteiger charge is 2.39. The molecule has 1 aliphatic rings. The molecule has 29 nitrogen and oxygen atoms in total. The van der Waals surface area contributed by atoms with Crippen LogP contribution in [0.4, 0.5) is 0 Å². The number of imidazole rings is 1. The zero-order valence-electron chi connectivity index (χ0n) is 45.6. The lowest BCUT2D eigenvalue weighted by Gasteiger charge is -2.29. The van der Waals surface area contributed by atoms with Crippen LogP contribution in [0.3, 0.4) is 0 Å². The van der Waals surface area contributed by atoms with E-state index in [2.05, 4.69) is 57.5 Å². The Morgan fingerprint density at radius 1 is 0.762 bits per heavy atom. The number of nitrogens with two attached hydrogens (primary N) is 3. The molecular weight excluding hydrogens is 1070 g/mol. The summed E-state index contributed by atoms with van der Waals surface area (Å²) in [4.78, 5) is 146. The molecule has 1 saturated heterocycles. The number of aliphatic imine (C=N–C) groups is 1. The number of rotatable bonds is 34. The summed E-state index contributed by atoms with van der Waals surface area (Å²) in [7, 11) is 0. The molecule has 0 aliphatic carbocycles. The quantitative estimate of drug-likeness (QED) is 0.0178. The van der Waals surface area contributed by atoms with Crippen molar-refractivity contribution in [3.63, 3.8) is 0 Å². The van der Waals surface area contributed by atoms with Crippen molar-refractivity contribution in [2.45, 2.75) is 133 Å². The van der Waals surface area contributed by atoms with E-state index >= 15 is 0 Å². The number of carbonyl (C=O) groups excluding carboxylic acids is 9. The van der Waals surface area contributed by atoms with Crippen LogP contribution in [0.5, 0.6) is 5.75 Å². The smallest absolute Gasteiger partial charge is 0.326 e. The average molecular weight is 1150 g/mol. The Morgan fingerprint density at radius 3 is 1.90 bits per heavy atom. The van der Waals surface area contributed by atoms with Crippen LogP contribution in [0.2, 0.25) is 0 Å². The number of aliphatic hydroxyl groups is 2. The highest BCUT2D eigenvalue weighted by molar-refractivity contribution is 7.98. The summed E-state index contributed by atoms with van der Waals surface area (Å²) in [5.74, 6) is -9.55. The maximum Gasteiger partial charge on any atom is 0.326 e. The molecule has 19 N–H and O–H groups in total. The molecule has 1 aromatic carbocycles. The van der Waals surface area contributed by atoms with Crippen molar-refractivity contribution in [1.82, 2.24) is 57.4 Å². The number of aromatic amines is 1. The number of aromatic nitrogens is 2. The average Bonchev–Trinajstić information content (AvgIpc) is 4.13. The molecular formula is C50H79N15O14S. The standard InChI is InChI=1S/C50H79N15O14S/c1-26(2)18-31(51)48(77)65-16-7-9-38(65)46(75)63-37(24-67)45(74)62-36(23-66)44(73)59-32(8-6-15-55-50(52)53)42(71)64-40(27(3)4)47(76)56-22-39(69)58-34(19-28-10-12-30(68)13-11-28)43(72)60-33(14-17-80-5)41(70)61-35(49(78)79)20-29-21-54-25-57-29/h10-13,21,25-27,31-38,40,66-68H,6-9,14-20,22-24,51H2,1-5H3,(H,54,57)(H,56,76)(H,58,69)(H,59,73)(H,60,72)(H,61,70)(H,62,74)(H,63,75)(H,64,71)(H,78,79)(H4,52,53,55)/t31-,32-,33-,34-,35-,36-,37-,38-,40-/m0/s1. The molecule has 0 spiro atoms. The Hall–Kier alpha value is -7.57. The van der Waals surface area contributed by atoms with Gasteiger partial charge in [0, 0.05) is 37.8 Å². The largest absolute Gasteiger partial charge is 0.508 e. The van der Waals surface area contributed by atoms with Gasteiger partial charge < -0.3 is 90.0 Å². The molecule has 0 saturated carbocycles. The van der Waals surface area contributed by atoms with E-state index in [1.165, 1.54) is 53.5 Å². The van der Waals surface area contributed by atoms with Gasteiger partial charge in [0.25, 0.3) is 0 Å². The van der Waals surface area contributed by atoms with Crippen molar-refractivity contribution < 1.29 is 68.4 Å². The van der Waals surface area contributed by atoms with Crippen LogP contribution in [0, 0.1) is 11.8 Å². The highest BCUT2D eigenvalue weighted by Crippen LogP contribution is 2.20. The van der Waals surface area contributed by atoms with Gasteiger partial charge in [-0.05, 0) is 80.1 Å². The summed E-state index contributed by atoms with van der Waals surface area (Å²) in [5, 5.41) is 59.8. The number of hydrogen-bond donors (Lipinski definition) is 16. The molecule has 1 aliphatic heterocycles. The third-order valence-corrected chi connectivity index (χ3v) is 13.3. The van der Waals surface area contributed by atoms with Gasteiger partial charge in [-0.2, -0.15) is 11.8 Å². The zero-order chi connectivity index (χ0) is 59.6. The van der Waals surface area contributed by atoms with E-state index in [0.29, 0.717) is 29.9 Å². The first kappa shape index (κ1) is 66.7. The van der Waals surface area contributed by atoms with Crippen LogP contribution in [0.1, 0.15) is 77.5 Å². The maximum absolute atomic E-state index is 14.0. The van der Waals surface area contributed by atoms with E-state index in [-0.39, 0.29) is 69.2 Å². The molecule has 80 heavy (non-hydrogen) atoms. The van der Waals surface area contributed by atoms with Crippen molar-refractivity contribution in [1.29, 1.82) is 0 Å². The first-order valence-electron chi connectivity index (χ1n) is 26.1. The number of amides is 9. The molecule has 2 aromatic rings. The number of guanidine groups is 1. The van der Waals surface area contributed by atoms with Gasteiger partial charge in [-0.3, -0.25) is 48.1 Å². The lowest BCUT2D eigenvalue weighted by Crippen LogP contribution is -2.61. The predicted octanol–water partition coefficient (Wildman–Crippen LogP) is -4.69. The number of phenolic OH excluding ortho intramolecular Hbond substituents is 1. The number of hydrogen-bond acceptors (Lipinski definition) is 17. The number of carboxylic acids is 1. The number of carbonyl (C=O) groups is 10. The summed E-state index contributed by atoms with van der Waals surface area (Å²) < 4.78 is 0. The van der Waals surface area contributed by atoms with Crippen molar-refractivity contribution in [3.8, 4) is 5.75 Å². The summed E-state index contributed by atoms with van der Waals surface area (Å²) in [6.07, 6.45) is 5.33. The van der Waals surface area contributed by atoms with Crippen LogP contribution < -0.4 is 59.7 Å². The molecule has 3 rings (SSSR count). The van der Waals surface area contributed by atoms with E-state index in [4.69, 9.17) is 17.2 Å². The second-order valence-electron chi connectivity index (χ2n) is 19.9. The zero-order valence-corrected chi connectivity index (χ0v) is 46.4. The molecule has 1 aromatic heterocycles. The monoisotopic (exact) mass is 1150 g/mol. The van der Waals surface area contributed by atoms with Gasteiger partial charge in [0.05, 0.1) is 32.1 Å². The van der Waals surface area contributed by atoms with Crippen LogP contribution in [0.25, 0.3) is 0 Å². The summed E-state index contributed by atoms with van der Waals surface area (Å²) in [6.45, 7) is 4.48. The fourth-order valence-electron chi connectivity index (χ4n) is 8.35. The molecule has 9 atom stereocenters. The van der Waals surface area contributed by atoms with Crippen LogP contribution in [0.15, 0.2) is 41.8 Å². The first-order valence-corrected chi connectivity index (χ1v) is 27.5. The molecule has 9 amide bonds. The van der Waals surface area contributed by atoms with Gasteiger partial charge in [0.15, 0.2) is 5.96 Å². The Balaban J connectivity index is 1.74. The number of nitrogens with zero attached hydrogens (tertiary/aromatic N) is 3. The Morgan fingerprint density at radius 2 is 1.34 bits per heavy atom. The van der Waals surface area contributed by atoms with Crippen LogP contribution in [-0.4, -0.2) is 200 Å². The highest BCUT2D eigenvalue weighted by atomic mass is 32.2. The van der Waals surface area contributed by atoms with Crippen molar-refractivity contribution in [3.05, 3.63) is 48.0 Å². The number of likely N-dealkylation sites (tertiary alicyclic amines) is 1. The molecule has 2 heterocycles. The number of nitrogens with one attached hydrogen (secondary N) is 9. The fourth-order valence-corrected chi connectivity index (χ4v) is 8.82. The van der Waals surface area contributed by atoms with Gasteiger partial charge in [-0.1, -0.05) is 39.8 Å². The number of carboxylic acid groups (broad SMARTS) is 1. The van der Waals surface area contributed by atoms with Gasteiger partial charge in [0.1, 0.15) is 54.1 Å². The number of phenols is 1. The molecule has 0 bridgehead atoms. The molecule has 30 heteroatoms. The van der Waals surface area contributed by atoms with Crippen LogP contribution in [-0.2, 0) is 60.8 Å². The summed E-state index contributed by atoms with van der Waals surface area (Å²) in [5.41, 5.74) is 17.9. The van der Waals surface area contributed by atoms with Gasteiger partial charge in [-0.15, -0.1) is 0 Å². The number of H-pyrrole nitrogens is 1. The van der Waals surface area contributed by atoms with Crippen molar-refractivity contribution >= 4 is 76.9 Å². The van der Waals surface area contributed by atoms with E-state index in [0.717, 1.165) is 0 Å². The van der Waals surface area contributed by atoms with Gasteiger partial charge in [0.2, 0.25) is 53.2 Å². The minimum atomic E-state index is -1.75. The lowest BCUT2D eigenvalue weighted by atomic mass is 10.0. The second kappa shape index (κ2) is 33.8. The van der Waals surface area contributed by atoms with E-state index in [1.807, 2.05) is 13.8 Å². The Bertz CT molecular complexity index is 2430. The van der Waals surface area contributed by atoms with E-state index in [9.17, 15) is 68.4 Å². The minimum absolute atomic E-state index is 0.00773. The maximum atomic E-state index is 14.0. The Labute approximate surface area is 467 Å². The van der Waals surface area contributed by atoms with Crippen LogP contribution >= 0.6 is 11.8 Å². The number of benzene rings is 1. The van der Waals surface area contributed by atoms with Crippen molar-refractivity contribution in [2.24, 2.45) is 34.0 Å². The SMILES string of the molecule is CSCC[C@H](NC(=O)[C@H](Cc1ccc(O)cc1)NC(=O)CNC(=O)[C@@H](NC(=O)[C@H](CCCN=C(N)N)NC(=O)[C@H](CO)NC(=O)[C@H](CO)NC(=O)[C@@H]1CCCN1C(=O)[C@@H](N)CC(C)C)C(C)C)C(=O)N[C@@H](Cc1cnc[nH]1)C(=O)O. The molecule has 0 unspecified atom stereocenters.